The molecule has 0 aliphatic carbocycles. The second-order valence-corrected chi connectivity index (χ2v) is 6.20. The van der Waals surface area contributed by atoms with Crippen molar-refractivity contribution in [1.29, 1.82) is 0 Å². The first-order valence-corrected chi connectivity index (χ1v) is 7.18. The molecule has 0 unspecified atom stereocenters. The van der Waals surface area contributed by atoms with Gasteiger partial charge in [0.2, 0.25) is 0 Å². The lowest BCUT2D eigenvalue weighted by Gasteiger charge is -2.00. The maximum atomic E-state index is 11.6. The number of aromatic nitrogens is 2. The number of hydrogen-bond donors (Lipinski definition) is 1. The highest BCUT2D eigenvalue weighted by Gasteiger charge is 2.11. The van der Waals surface area contributed by atoms with E-state index in [1.807, 2.05) is 0 Å². The highest BCUT2D eigenvalue weighted by molar-refractivity contribution is 7.90. The van der Waals surface area contributed by atoms with Gasteiger partial charge in [0.25, 0.3) is 5.56 Å². The Bertz CT molecular complexity index is 919. The van der Waals surface area contributed by atoms with Crippen molar-refractivity contribution >= 4 is 26.3 Å². The molecule has 0 spiro atoms. The van der Waals surface area contributed by atoms with E-state index in [2.05, 4.69) is 4.98 Å². The molecule has 0 radical (unpaired) electrons. The fourth-order valence-electron chi connectivity index (χ4n) is 2.03. The summed E-state index contributed by atoms with van der Waals surface area (Å²) in [5, 5.41) is 0.833. The van der Waals surface area contributed by atoms with Gasteiger partial charge in [0.1, 0.15) is 5.52 Å². The van der Waals surface area contributed by atoms with Crippen LogP contribution in [0.15, 0.2) is 46.3 Å². The summed E-state index contributed by atoms with van der Waals surface area (Å²) in [6.07, 6.45) is 4.39. The molecule has 0 saturated carbocycles. The van der Waals surface area contributed by atoms with Gasteiger partial charge in [-0.15, -0.1) is 0 Å². The zero-order chi connectivity index (χ0) is 12.9. The summed E-state index contributed by atoms with van der Waals surface area (Å²) in [5.74, 6) is 0. The minimum atomic E-state index is -3.25. The smallest absolute Gasteiger partial charge is 0.272 e. The molecular formula is C12H10N2O3S. The van der Waals surface area contributed by atoms with Gasteiger partial charge >= 0.3 is 0 Å². The van der Waals surface area contributed by atoms with Gasteiger partial charge in [0, 0.05) is 24.0 Å². The number of fused-ring (bicyclic) bond motifs is 3. The highest BCUT2D eigenvalue weighted by atomic mass is 32.2. The summed E-state index contributed by atoms with van der Waals surface area (Å²) in [6.45, 7) is 0. The molecule has 0 bridgehead atoms. The minimum Gasteiger partial charge on any atom is -0.326 e. The number of nitrogens with zero attached hydrogens (tertiary/aromatic N) is 1. The molecule has 0 aliphatic heterocycles. The van der Waals surface area contributed by atoms with Crippen molar-refractivity contribution in [2.75, 3.05) is 6.26 Å². The number of rotatable bonds is 1. The molecule has 3 aromatic rings. The van der Waals surface area contributed by atoms with Gasteiger partial charge < -0.3 is 9.38 Å². The second-order valence-electron chi connectivity index (χ2n) is 4.18. The lowest BCUT2D eigenvalue weighted by molar-refractivity contribution is 0.602. The summed E-state index contributed by atoms with van der Waals surface area (Å²) < 4.78 is 24.7. The first kappa shape index (κ1) is 11.0. The van der Waals surface area contributed by atoms with E-state index < -0.39 is 9.84 Å². The maximum absolute atomic E-state index is 11.6. The average Bonchev–Trinajstić information content (AvgIpc) is 2.67. The normalized spacial score (nSPS) is 12.3. The molecule has 2 heterocycles. The van der Waals surface area contributed by atoms with Crippen LogP contribution in [0.1, 0.15) is 0 Å². The Balaban J connectivity index is 2.51. The maximum Gasteiger partial charge on any atom is 0.272 e. The Morgan fingerprint density at radius 2 is 1.94 bits per heavy atom. The molecule has 0 fully saturated rings. The van der Waals surface area contributed by atoms with Crippen molar-refractivity contribution in [2.45, 2.75) is 4.90 Å². The molecule has 0 amide bonds. The molecule has 92 valence electrons. The van der Waals surface area contributed by atoms with Crippen LogP contribution in [0.3, 0.4) is 0 Å². The average molecular weight is 262 g/mol. The van der Waals surface area contributed by atoms with Gasteiger partial charge in [0.05, 0.1) is 10.4 Å². The Labute approximate surface area is 103 Å². The van der Waals surface area contributed by atoms with Crippen LogP contribution in [0.5, 0.6) is 0 Å². The third-order valence-electron chi connectivity index (χ3n) is 2.91. The Morgan fingerprint density at radius 1 is 1.17 bits per heavy atom. The molecule has 0 atom stereocenters. The number of benzene rings is 1. The number of nitrogens with one attached hydrogen (secondary N) is 1. The summed E-state index contributed by atoms with van der Waals surface area (Å²) in [6, 6.07) is 6.57. The van der Waals surface area contributed by atoms with E-state index in [0.29, 0.717) is 11.0 Å². The van der Waals surface area contributed by atoms with Crippen LogP contribution in [0.4, 0.5) is 0 Å². The molecular weight excluding hydrogens is 252 g/mol. The van der Waals surface area contributed by atoms with Gasteiger partial charge in [0.15, 0.2) is 9.84 Å². The van der Waals surface area contributed by atoms with Crippen LogP contribution < -0.4 is 5.56 Å². The van der Waals surface area contributed by atoms with E-state index >= 15 is 0 Å². The zero-order valence-corrected chi connectivity index (χ0v) is 10.4. The number of sulfone groups is 1. The molecule has 18 heavy (non-hydrogen) atoms. The topological polar surface area (TPSA) is 71.4 Å². The number of H-pyrrole nitrogens is 1. The van der Waals surface area contributed by atoms with Crippen LogP contribution >= 0.6 is 0 Å². The van der Waals surface area contributed by atoms with Crippen molar-refractivity contribution in [3.05, 3.63) is 47.0 Å². The summed E-state index contributed by atoms with van der Waals surface area (Å²) in [7, 11) is -3.25. The van der Waals surface area contributed by atoms with Crippen LogP contribution in [0, 0.1) is 0 Å². The van der Waals surface area contributed by atoms with E-state index in [9.17, 15) is 13.2 Å². The highest BCUT2D eigenvalue weighted by Crippen LogP contribution is 2.21. The first-order chi connectivity index (χ1) is 8.47. The molecule has 1 N–H and O–H groups in total. The first-order valence-electron chi connectivity index (χ1n) is 5.29. The fourth-order valence-corrected chi connectivity index (χ4v) is 2.67. The number of hydrogen-bond acceptors (Lipinski definition) is 3. The fraction of sp³-hybridized carbons (Fsp3) is 0.0833. The van der Waals surface area contributed by atoms with E-state index in [0.717, 1.165) is 11.6 Å². The van der Waals surface area contributed by atoms with Crippen molar-refractivity contribution in [3.8, 4) is 0 Å². The Kier molecular flexibility index (Phi) is 2.12. The lowest BCUT2D eigenvalue weighted by Crippen LogP contribution is -2.06. The SMILES string of the molecule is CS(=O)(=O)c1ccc2cc3c(=O)[nH]ccn3c2c1. The second kappa shape index (κ2) is 3.46. The quantitative estimate of drug-likeness (QED) is 0.716. The van der Waals surface area contributed by atoms with Gasteiger partial charge in [-0.05, 0) is 18.2 Å². The molecule has 5 nitrogen and oxygen atoms in total. The van der Waals surface area contributed by atoms with Crippen molar-refractivity contribution in [1.82, 2.24) is 9.38 Å². The van der Waals surface area contributed by atoms with E-state index in [1.165, 1.54) is 6.20 Å². The van der Waals surface area contributed by atoms with Crippen LogP contribution in [0.2, 0.25) is 0 Å². The third kappa shape index (κ3) is 1.53. The predicted molar refractivity (Wildman–Crippen MR) is 68.6 cm³/mol. The molecule has 1 aromatic carbocycles. The lowest BCUT2D eigenvalue weighted by atomic mass is 10.2. The molecule has 6 heteroatoms. The van der Waals surface area contributed by atoms with Crippen molar-refractivity contribution in [2.24, 2.45) is 0 Å². The third-order valence-corrected chi connectivity index (χ3v) is 4.02. The zero-order valence-electron chi connectivity index (χ0n) is 9.54. The van der Waals surface area contributed by atoms with Gasteiger partial charge in [-0.3, -0.25) is 4.79 Å². The molecule has 0 saturated heterocycles. The molecule has 0 aliphatic rings. The minimum absolute atomic E-state index is 0.199. The monoisotopic (exact) mass is 262 g/mol. The van der Waals surface area contributed by atoms with Crippen LogP contribution in [-0.4, -0.2) is 24.1 Å². The standard InChI is InChI=1S/C12H10N2O3S/c1-18(16,17)9-3-2-8-6-11-12(15)13-4-5-14(11)10(8)7-9/h2-7H,1H3,(H,13,15). The summed E-state index contributed by atoms with van der Waals surface area (Å²) >= 11 is 0. The van der Waals surface area contributed by atoms with Crippen molar-refractivity contribution in [3.63, 3.8) is 0 Å². The van der Waals surface area contributed by atoms with Crippen LogP contribution in [0.25, 0.3) is 16.4 Å². The predicted octanol–water partition coefficient (Wildman–Crippen LogP) is 1.18. The van der Waals surface area contributed by atoms with Crippen LogP contribution in [-0.2, 0) is 9.84 Å². The van der Waals surface area contributed by atoms with Crippen molar-refractivity contribution < 1.29 is 8.42 Å². The van der Waals surface area contributed by atoms with Gasteiger partial charge in [-0.2, -0.15) is 0 Å². The largest absolute Gasteiger partial charge is 0.326 e. The molecule has 3 rings (SSSR count). The van der Waals surface area contributed by atoms with E-state index in [-0.39, 0.29) is 10.5 Å². The summed E-state index contributed by atoms with van der Waals surface area (Å²) in [5.41, 5.74) is 1.01. The van der Waals surface area contributed by atoms with Gasteiger partial charge in [-0.25, -0.2) is 8.42 Å². The van der Waals surface area contributed by atoms with Gasteiger partial charge in [-0.1, -0.05) is 6.07 Å². The summed E-state index contributed by atoms with van der Waals surface area (Å²) in [4.78, 5) is 14.5. The Hall–Kier alpha value is -2.08. The Morgan fingerprint density at radius 3 is 2.67 bits per heavy atom. The van der Waals surface area contributed by atoms with E-state index in [1.54, 1.807) is 34.9 Å². The number of aromatic amines is 1. The molecule has 2 aromatic heterocycles. The van der Waals surface area contributed by atoms with E-state index in [4.69, 9.17) is 0 Å².